The van der Waals surface area contributed by atoms with Gasteiger partial charge >= 0.3 is 0 Å². The topological polar surface area (TPSA) is 102 Å². The molecule has 0 unspecified atom stereocenters. The molecular formula is C32H34N6. The first-order valence-corrected chi connectivity index (χ1v) is 12.8. The van der Waals surface area contributed by atoms with Crippen LogP contribution in [-0.4, -0.2) is 24.1 Å². The number of nitrogen functional groups attached to an aromatic ring is 2. The molecule has 0 aliphatic heterocycles. The minimum Gasteiger partial charge on any atom is -0.399 e. The largest absolute Gasteiger partial charge is 0.399 e. The minimum atomic E-state index is 0.590. The number of anilines is 4. The van der Waals surface area contributed by atoms with Crippen LogP contribution in [0.15, 0.2) is 97.1 Å². The van der Waals surface area contributed by atoms with Crippen molar-refractivity contribution in [1.29, 1.82) is 0 Å². The lowest BCUT2D eigenvalue weighted by molar-refractivity contribution is 1.21. The van der Waals surface area contributed by atoms with Gasteiger partial charge in [0, 0.05) is 59.1 Å². The Bertz CT molecular complexity index is 1510. The molecule has 0 amide bonds. The average molecular weight is 503 g/mol. The Morgan fingerprint density at radius 2 is 1.11 bits per heavy atom. The molecule has 38 heavy (non-hydrogen) atoms. The van der Waals surface area contributed by atoms with Gasteiger partial charge in [0.05, 0.1) is 22.8 Å². The molecule has 192 valence electrons. The summed E-state index contributed by atoms with van der Waals surface area (Å²) in [5.41, 5.74) is 22.3. The number of nitrogens with one attached hydrogen (secondary N) is 2. The summed E-state index contributed by atoms with van der Waals surface area (Å²) in [5, 5.41) is 6.55. The normalized spacial score (nSPS) is 10.3. The second kappa shape index (κ2) is 11.9. The lowest BCUT2D eigenvalue weighted by Gasteiger charge is -2.19. The SMILES string of the molecule is CC.CNc1ccc(NC)c(-c2nc(-c3cc(N)ccc3N)c(-c3ccccc3)nc2-c2ccccc2)c1. The van der Waals surface area contributed by atoms with Gasteiger partial charge in [-0.2, -0.15) is 0 Å². The number of benzene rings is 4. The molecule has 0 atom stereocenters. The van der Waals surface area contributed by atoms with E-state index in [0.717, 1.165) is 50.7 Å². The maximum atomic E-state index is 6.46. The Kier molecular flexibility index (Phi) is 8.23. The van der Waals surface area contributed by atoms with Crippen molar-refractivity contribution in [2.45, 2.75) is 13.8 Å². The van der Waals surface area contributed by atoms with Crippen LogP contribution in [0.3, 0.4) is 0 Å². The number of nitrogens with zero attached hydrogens (tertiary/aromatic N) is 2. The molecule has 0 aliphatic carbocycles. The molecule has 0 radical (unpaired) electrons. The summed E-state index contributed by atoms with van der Waals surface area (Å²) in [4.78, 5) is 10.5. The third kappa shape index (κ3) is 5.30. The highest BCUT2D eigenvalue weighted by Crippen LogP contribution is 2.41. The van der Waals surface area contributed by atoms with Crippen molar-refractivity contribution in [2.24, 2.45) is 0 Å². The zero-order valence-electron chi connectivity index (χ0n) is 22.3. The van der Waals surface area contributed by atoms with Crippen LogP contribution in [0.4, 0.5) is 22.7 Å². The first-order valence-electron chi connectivity index (χ1n) is 12.8. The number of rotatable bonds is 6. The second-order valence-corrected chi connectivity index (χ2v) is 8.46. The Morgan fingerprint density at radius 1 is 0.553 bits per heavy atom. The summed E-state index contributed by atoms with van der Waals surface area (Å²) in [6.07, 6.45) is 0. The number of aromatic nitrogens is 2. The van der Waals surface area contributed by atoms with Crippen molar-refractivity contribution in [2.75, 3.05) is 36.2 Å². The van der Waals surface area contributed by atoms with E-state index >= 15 is 0 Å². The maximum Gasteiger partial charge on any atom is 0.0994 e. The standard InChI is InChI=1S/C30H28N6.C2H6/c1-33-22-14-16-26(34-2)24(18-22)30-28(20-11-7-4-8-12-20)35-27(19-9-5-3-6-10-19)29(36-30)23-17-21(31)13-15-25(23)32;1-2/h3-18,33-34H,31-32H2,1-2H3;1-2H3. The highest BCUT2D eigenvalue weighted by Gasteiger charge is 2.22. The van der Waals surface area contributed by atoms with E-state index in [1.165, 1.54) is 0 Å². The molecule has 0 saturated heterocycles. The van der Waals surface area contributed by atoms with Crippen LogP contribution in [-0.2, 0) is 0 Å². The van der Waals surface area contributed by atoms with E-state index in [0.29, 0.717) is 17.1 Å². The van der Waals surface area contributed by atoms with E-state index in [2.05, 4.69) is 28.8 Å². The lowest BCUT2D eigenvalue weighted by Crippen LogP contribution is -2.04. The van der Waals surface area contributed by atoms with Gasteiger partial charge in [0.25, 0.3) is 0 Å². The zero-order chi connectivity index (χ0) is 27.1. The van der Waals surface area contributed by atoms with E-state index in [9.17, 15) is 0 Å². The average Bonchev–Trinajstić information content (AvgIpc) is 2.99. The fourth-order valence-electron chi connectivity index (χ4n) is 4.30. The molecule has 1 aromatic heterocycles. The van der Waals surface area contributed by atoms with Crippen LogP contribution in [0, 0.1) is 0 Å². The maximum absolute atomic E-state index is 6.46. The third-order valence-corrected chi connectivity index (χ3v) is 6.16. The van der Waals surface area contributed by atoms with Crippen molar-refractivity contribution >= 4 is 22.7 Å². The van der Waals surface area contributed by atoms with Crippen molar-refractivity contribution in [3.8, 4) is 45.0 Å². The van der Waals surface area contributed by atoms with E-state index in [1.54, 1.807) is 6.07 Å². The molecule has 0 aliphatic rings. The second-order valence-electron chi connectivity index (χ2n) is 8.46. The van der Waals surface area contributed by atoms with Crippen LogP contribution >= 0.6 is 0 Å². The van der Waals surface area contributed by atoms with Crippen LogP contribution in [0.25, 0.3) is 45.0 Å². The van der Waals surface area contributed by atoms with Gasteiger partial charge in [-0.05, 0) is 36.4 Å². The highest BCUT2D eigenvalue weighted by atomic mass is 14.9. The fraction of sp³-hybridized carbons (Fsp3) is 0.125. The van der Waals surface area contributed by atoms with Crippen molar-refractivity contribution in [3.05, 3.63) is 97.1 Å². The molecular weight excluding hydrogens is 468 g/mol. The molecule has 0 saturated carbocycles. The van der Waals surface area contributed by atoms with Crippen LogP contribution in [0.2, 0.25) is 0 Å². The first kappa shape index (κ1) is 26.2. The highest BCUT2D eigenvalue weighted by molar-refractivity contribution is 5.93. The minimum absolute atomic E-state index is 0.590. The van der Waals surface area contributed by atoms with Gasteiger partial charge < -0.3 is 22.1 Å². The summed E-state index contributed by atoms with van der Waals surface area (Å²) in [6, 6.07) is 31.8. The summed E-state index contributed by atoms with van der Waals surface area (Å²) >= 11 is 0. The molecule has 6 nitrogen and oxygen atoms in total. The lowest BCUT2D eigenvalue weighted by atomic mass is 9.97. The summed E-state index contributed by atoms with van der Waals surface area (Å²) < 4.78 is 0. The molecule has 6 heteroatoms. The van der Waals surface area contributed by atoms with Gasteiger partial charge in [-0.15, -0.1) is 0 Å². The molecule has 6 N–H and O–H groups in total. The summed E-state index contributed by atoms with van der Waals surface area (Å²) in [7, 11) is 3.81. The Balaban J connectivity index is 0.00000164. The van der Waals surface area contributed by atoms with Gasteiger partial charge in [0.1, 0.15) is 0 Å². The fourth-order valence-corrected chi connectivity index (χ4v) is 4.30. The third-order valence-electron chi connectivity index (χ3n) is 6.16. The van der Waals surface area contributed by atoms with Gasteiger partial charge in [-0.1, -0.05) is 74.5 Å². The van der Waals surface area contributed by atoms with Crippen molar-refractivity contribution < 1.29 is 0 Å². The quantitative estimate of drug-likeness (QED) is 0.180. The van der Waals surface area contributed by atoms with Crippen molar-refractivity contribution in [3.63, 3.8) is 0 Å². The first-order chi connectivity index (χ1) is 18.6. The number of nitrogens with two attached hydrogens (primary N) is 2. The van der Waals surface area contributed by atoms with Crippen LogP contribution < -0.4 is 22.1 Å². The smallest absolute Gasteiger partial charge is 0.0994 e. The monoisotopic (exact) mass is 502 g/mol. The Labute approximate surface area is 224 Å². The molecule has 4 aromatic carbocycles. The van der Waals surface area contributed by atoms with E-state index in [1.807, 2.05) is 101 Å². The van der Waals surface area contributed by atoms with Crippen LogP contribution in [0.1, 0.15) is 13.8 Å². The molecule has 0 bridgehead atoms. The molecule has 1 heterocycles. The summed E-state index contributed by atoms with van der Waals surface area (Å²) in [6.45, 7) is 4.00. The van der Waals surface area contributed by atoms with E-state index in [-0.39, 0.29) is 0 Å². The number of hydrogen-bond donors (Lipinski definition) is 4. The number of hydrogen-bond acceptors (Lipinski definition) is 6. The van der Waals surface area contributed by atoms with E-state index in [4.69, 9.17) is 21.4 Å². The predicted octanol–water partition coefficient (Wildman–Crippen LogP) is 7.42. The van der Waals surface area contributed by atoms with Crippen LogP contribution in [0.5, 0.6) is 0 Å². The molecule has 5 rings (SSSR count). The van der Waals surface area contributed by atoms with Crippen molar-refractivity contribution in [1.82, 2.24) is 9.97 Å². The van der Waals surface area contributed by atoms with Gasteiger partial charge in [-0.25, -0.2) is 9.97 Å². The molecule has 5 aromatic rings. The van der Waals surface area contributed by atoms with Gasteiger partial charge in [0.2, 0.25) is 0 Å². The zero-order valence-corrected chi connectivity index (χ0v) is 22.3. The van der Waals surface area contributed by atoms with Gasteiger partial charge in [0.15, 0.2) is 0 Å². The molecule has 0 fully saturated rings. The molecule has 0 spiro atoms. The Morgan fingerprint density at radius 3 is 1.66 bits per heavy atom. The Hall–Kier alpha value is -4.84. The predicted molar refractivity (Wildman–Crippen MR) is 163 cm³/mol. The summed E-state index contributed by atoms with van der Waals surface area (Å²) in [5.74, 6) is 0. The van der Waals surface area contributed by atoms with E-state index < -0.39 is 0 Å². The van der Waals surface area contributed by atoms with Gasteiger partial charge in [-0.3, -0.25) is 0 Å².